The number of esters is 2. The zero-order chi connectivity index (χ0) is 16.5. The van der Waals surface area contributed by atoms with Crippen molar-refractivity contribution in [3.8, 4) is 11.8 Å². The molecule has 1 heterocycles. The van der Waals surface area contributed by atoms with Gasteiger partial charge >= 0.3 is 11.9 Å². The van der Waals surface area contributed by atoms with Gasteiger partial charge in [0.2, 0.25) is 0 Å². The summed E-state index contributed by atoms with van der Waals surface area (Å²) in [5.41, 5.74) is 0.513. The van der Waals surface area contributed by atoms with Gasteiger partial charge in [-0.3, -0.25) is 0 Å². The minimum Gasteiger partial charge on any atom is -0.459 e. The number of ether oxygens (including phenoxy) is 3. The standard InChI is InChI=1S/C18H18O5/c1-21-17(19)12-6-10-15-9-5-11-16(23-15)13-22-18(20)14-7-3-2-4-8-14/h2-5,7-9,15-16H,10-11,13H2,1H3/t15-,16-/m0/s1. The Morgan fingerprint density at radius 2 is 2.09 bits per heavy atom. The molecular formula is C18H18O5. The van der Waals surface area contributed by atoms with Gasteiger partial charge in [-0.15, -0.1) is 0 Å². The molecule has 1 aliphatic heterocycles. The Labute approximate surface area is 135 Å². The molecule has 5 nitrogen and oxygen atoms in total. The van der Waals surface area contributed by atoms with E-state index in [9.17, 15) is 9.59 Å². The van der Waals surface area contributed by atoms with Crippen molar-refractivity contribution in [1.29, 1.82) is 0 Å². The highest BCUT2D eigenvalue weighted by Crippen LogP contribution is 2.15. The van der Waals surface area contributed by atoms with E-state index in [1.807, 2.05) is 18.2 Å². The van der Waals surface area contributed by atoms with Crippen LogP contribution in [0.5, 0.6) is 0 Å². The van der Waals surface area contributed by atoms with E-state index < -0.39 is 5.97 Å². The molecule has 0 N–H and O–H groups in total. The predicted molar refractivity (Wildman–Crippen MR) is 83.6 cm³/mol. The summed E-state index contributed by atoms with van der Waals surface area (Å²) in [6.07, 6.45) is 4.48. The van der Waals surface area contributed by atoms with E-state index in [4.69, 9.17) is 9.47 Å². The van der Waals surface area contributed by atoms with Crippen LogP contribution in [0.4, 0.5) is 0 Å². The van der Waals surface area contributed by atoms with E-state index in [0.29, 0.717) is 18.4 Å². The Morgan fingerprint density at radius 3 is 2.83 bits per heavy atom. The Balaban J connectivity index is 1.78. The van der Waals surface area contributed by atoms with Crippen molar-refractivity contribution >= 4 is 11.9 Å². The van der Waals surface area contributed by atoms with Crippen LogP contribution in [0.25, 0.3) is 0 Å². The normalized spacial score (nSPS) is 19.3. The molecule has 1 aromatic rings. The van der Waals surface area contributed by atoms with E-state index in [0.717, 1.165) is 0 Å². The third kappa shape index (κ3) is 5.61. The summed E-state index contributed by atoms with van der Waals surface area (Å²) in [4.78, 5) is 22.8. The summed E-state index contributed by atoms with van der Waals surface area (Å²) in [5.74, 6) is 4.12. The fourth-order valence-electron chi connectivity index (χ4n) is 2.05. The number of rotatable bonds is 4. The summed E-state index contributed by atoms with van der Waals surface area (Å²) < 4.78 is 15.5. The molecule has 1 aromatic carbocycles. The van der Waals surface area contributed by atoms with Crippen molar-refractivity contribution < 1.29 is 23.8 Å². The first kappa shape index (κ1) is 16.8. The number of carbonyl (C=O) groups excluding carboxylic acids is 2. The molecule has 0 saturated heterocycles. The fraction of sp³-hybridized carbons (Fsp3) is 0.333. The zero-order valence-electron chi connectivity index (χ0n) is 12.9. The van der Waals surface area contributed by atoms with Crippen molar-refractivity contribution in [2.75, 3.05) is 13.7 Å². The molecule has 0 bridgehead atoms. The van der Waals surface area contributed by atoms with Crippen LogP contribution in [0.15, 0.2) is 42.5 Å². The summed E-state index contributed by atoms with van der Waals surface area (Å²) in [7, 11) is 1.28. The molecule has 0 fully saturated rings. The van der Waals surface area contributed by atoms with Crippen molar-refractivity contribution in [3.63, 3.8) is 0 Å². The van der Waals surface area contributed by atoms with E-state index in [1.54, 1.807) is 24.3 Å². The zero-order valence-corrected chi connectivity index (χ0v) is 12.9. The lowest BCUT2D eigenvalue weighted by Gasteiger charge is -2.24. The van der Waals surface area contributed by atoms with Gasteiger partial charge in [-0.2, -0.15) is 0 Å². The average Bonchev–Trinajstić information content (AvgIpc) is 2.60. The maximum absolute atomic E-state index is 11.9. The van der Waals surface area contributed by atoms with Gasteiger partial charge in [0.05, 0.1) is 24.9 Å². The van der Waals surface area contributed by atoms with Gasteiger partial charge < -0.3 is 14.2 Å². The summed E-state index contributed by atoms with van der Waals surface area (Å²) >= 11 is 0. The molecule has 0 amide bonds. The van der Waals surface area contributed by atoms with Crippen LogP contribution in [-0.4, -0.2) is 37.9 Å². The maximum Gasteiger partial charge on any atom is 0.384 e. The molecular weight excluding hydrogens is 296 g/mol. The van der Waals surface area contributed by atoms with Crippen LogP contribution in [0.1, 0.15) is 23.2 Å². The molecule has 0 spiro atoms. The molecule has 1 aliphatic rings. The lowest BCUT2D eigenvalue weighted by Crippen LogP contribution is -2.29. The molecule has 0 aliphatic carbocycles. The number of methoxy groups -OCH3 is 1. The molecule has 2 atom stereocenters. The third-order valence-electron chi connectivity index (χ3n) is 3.21. The van der Waals surface area contributed by atoms with Crippen LogP contribution in [0.2, 0.25) is 0 Å². The Hall–Kier alpha value is -2.58. The molecule has 5 heteroatoms. The van der Waals surface area contributed by atoms with Crippen molar-refractivity contribution in [3.05, 3.63) is 48.0 Å². The van der Waals surface area contributed by atoms with Gasteiger partial charge in [0.1, 0.15) is 6.61 Å². The lowest BCUT2D eigenvalue weighted by atomic mass is 10.1. The number of hydrogen-bond donors (Lipinski definition) is 0. The minimum absolute atomic E-state index is 0.180. The Bertz CT molecular complexity index is 624. The lowest BCUT2D eigenvalue weighted by molar-refractivity contribution is -0.133. The monoisotopic (exact) mass is 314 g/mol. The second kappa shape index (κ2) is 8.76. The minimum atomic E-state index is -0.571. The van der Waals surface area contributed by atoms with E-state index in [-0.39, 0.29) is 24.8 Å². The molecule has 0 saturated carbocycles. The molecule has 2 rings (SSSR count). The molecule has 23 heavy (non-hydrogen) atoms. The molecule has 120 valence electrons. The molecule has 0 radical (unpaired) electrons. The maximum atomic E-state index is 11.9. The average molecular weight is 314 g/mol. The Kier molecular flexibility index (Phi) is 6.40. The summed E-state index contributed by atoms with van der Waals surface area (Å²) in [6.45, 7) is 0.180. The van der Waals surface area contributed by atoms with Crippen LogP contribution in [0, 0.1) is 11.8 Å². The van der Waals surface area contributed by atoms with Gasteiger partial charge in [0.25, 0.3) is 0 Å². The molecule has 0 aromatic heterocycles. The van der Waals surface area contributed by atoms with Gasteiger partial charge in [-0.25, -0.2) is 9.59 Å². The van der Waals surface area contributed by atoms with E-state index in [2.05, 4.69) is 16.6 Å². The van der Waals surface area contributed by atoms with Crippen LogP contribution >= 0.6 is 0 Å². The van der Waals surface area contributed by atoms with E-state index in [1.165, 1.54) is 7.11 Å². The largest absolute Gasteiger partial charge is 0.459 e. The van der Waals surface area contributed by atoms with Crippen LogP contribution in [0.3, 0.4) is 0 Å². The van der Waals surface area contributed by atoms with Crippen LogP contribution < -0.4 is 0 Å². The van der Waals surface area contributed by atoms with Gasteiger partial charge in [-0.05, 0) is 18.6 Å². The quantitative estimate of drug-likeness (QED) is 0.369. The van der Waals surface area contributed by atoms with Crippen molar-refractivity contribution in [2.24, 2.45) is 0 Å². The third-order valence-corrected chi connectivity index (χ3v) is 3.21. The van der Waals surface area contributed by atoms with Gasteiger partial charge in [-0.1, -0.05) is 36.3 Å². The van der Waals surface area contributed by atoms with E-state index >= 15 is 0 Å². The first-order valence-corrected chi connectivity index (χ1v) is 7.30. The fourth-order valence-corrected chi connectivity index (χ4v) is 2.05. The van der Waals surface area contributed by atoms with Crippen molar-refractivity contribution in [2.45, 2.75) is 25.0 Å². The Morgan fingerprint density at radius 1 is 1.30 bits per heavy atom. The SMILES string of the molecule is COC(=O)C#CC[C@@H]1C=CC[C@@H](COC(=O)c2ccccc2)O1. The smallest absolute Gasteiger partial charge is 0.384 e. The topological polar surface area (TPSA) is 61.8 Å². The van der Waals surface area contributed by atoms with Gasteiger partial charge in [0.15, 0.2) is 0 Å². The highest BCUT2D eigenvalue weighted by atomic mass is 16.6. The number of hydrogen-bond acceptors (Lipinski definition) is 5. The highest BCUT2D eigenvalue weighted by Gasteiger charge is 2.19. The van der Waals surface area contributed by atoms with Gasteiger partial charge in [0, 0.05) is 12.3 Å². The predicted octanol–water partition coefficient (Wildman–Crippen LogP) is 2.12. The van der Waals surface area contributed by atoms with Crippen LogP contribution in [-0.2, 0) is 19.0 Å². The van der Waals surface area contributed by atoms with Crippen molar-refractivity contribution in [1.82, 2.24) is 0 Å². The molecule has 0 unspecified atom stereocenters. The highest BCUT2D eigenvalue weighted by molar-refractivity contribution is 5.89. The summed E-state index contributed by atoms with van der Waals surface area (Å²) in [5, 5.41) is 0. The second-order valence-electron chi connectivity index (χ2n) is 4.92. The first-order chi connectivity index (χ1) is 11.2. The number of carbonyl (C=O) groups is 2. The first-order valence-electron chi connectivity index (χ1n) is 7.30. The summed E-state index contributed by atoms with van der Waals surface area (Å²) in [6, 6.07) is 8.81. The second-order valence-corrected chi connectivity index (χ2v) is 4.92. The number of benzene rings is 1.